The number of aromatic nitrogens is 1. The summed E-state index contributed by atoms with van der Waals surface area (Å²) in [5.41, 5.74) is 5.77. The van der Waals surface area contributed by atoms with Crippen molar-refractivity contribution in [1.29, 1.82) is 0 Å². The molecule has 4 aromatic rings. The van der Waals surface area contributed by atoms with E-state index in [1.165, 1.54) is 12.7 Å². The number of carbonyl (C=O) groups excluding carboxylic acids is 2. The van der Waals surface area contributed by atoms with Gasteiger partial charge in [0.05, 0.1) is 23.9 Å². The number of rotatable bonds is 4. The number of nitrogens with one attached hydrogen (secondary N) is 1. The average molecular weight is 410 g/mol. The normalized spacial score (nSPS) is 15.4. The van der Waals surface area contributed by atoms with Gasteiger partial charge in [0.2, 0.25) is 5.91 Å². The summed E-state index contributed by atoms with van der Waals surface area (Å²) in [6.07, 6.45) is 2.51. The maximum Gasteiger partial charge on any atom is 0.337 e. The molecule has 1 aliphatic heterocycles. The molecule has 3 aromatic carbocycles. The quantitative estimate of drug-likeness (QED) is 0.484. The first-order valence-electron chi connectivity index (χ1n) is 10.3. The van der Waals surface area contributed by atoms with Crippen molar-refractivity contribution in [2.75, 3.05) is 12.4 Å². The first-order chi connectivity index (χ1) is 15.1. The van der Waals surface area contributed by atoms with Crippen molar-refractivity contribution in [3.8, 4) is 0 Å². The van der Waals surface area contributed by atoms with Crippen LogP contribution in [0.1, 0.15) is 39.4 Å². The maximum absolute atomic E-state index is 12.7. The molecule has 0 radical (unpaired) electrons. The molecule has 5 rings (SSSR count). The van der Waals surface area contributed by atoms with Gasteiger partial charge in [-0.15, -0.1) is 0 Å². The van der Waals surface area contributed by atoms with Crippen molar-refractivity contribution in [2.24, 2.45) is 0 Å². The van der Waals surface area contributed by atoms with E-state index in [1.807, 2.05) is 42.5 Å². The van der Waals surface area contributed by atoms with Gasteiger partial charge in [0.1, 0.15) is 0 Å². The lowest BCUT2D eigenvalue weighted by Crippen LogP contribution is -2.14. The molecule has 1 amide bonds. The first kappa shape index (κ1) is 19.1. The van der Waals surface area contributed by atoms with Crippen molar-refractivity contribution in [2.45, 2.75) is 18.9 Å². The number of esters is 1. The molecule has 5 heteroatoms. The van der Waals surface area contributed by atoms with E-state index in [-0.39, 0.29) is 17.8 Å². The number of hydrogen-bond acceptors (Lipinski definition) is 3. The Morgan fingerprint density at radius 1 is 1.03 bits per heavy atom. The van der Waals surface area contributed by atoms with Crippen LogP contribution in [0.5, 0.6) is 0 Å². The largest absolute Gasteiger partial charge is 0.465 e. The molecule has 2 heterocycles. The Morgan fingerprint density at radius 3 is 2.55 bits per heavy atom. The molecule has 0 saturated heterocycles. The van der Waals surface area contributed by atoms with E-state index in [0.29, 0.717) is 12.0 Å². The van der Waals surface area contributed by atoms with E-state index in [1.54, 1.807) is 12.1 Å². The molecule has 0 bridgehead atoms. The molecule has 31 heavy (non-hydrogen) atoms. The third-order valence-corrected chi connectivity index (χ3v) is 5.90. The average Bonchev–Trinajstić information content (AvgIpc) is 3.09. The Kier molecular flexibility index (Phi) is 4.79. The lowest BCUT2D eigenvalue weighted by atomic mass is 9.88. The minimum absolute atomic E-state index is 0.0136. The van der Waals surface area contributed by atoms with Gasteiger partial charge >= 0.3 is 5.97 Å². The molecular weight excluding hydrogens is 388 g/mol. The van der Waals surface area contributed by atoms with Crippen molar-refractivity contribution >= 4 is 28.5 Å². The molecule has 0 fully saturated rings. The summed E-state index contributed by atoms with van der Waals surface area (Å²) >= 11 is 0. The predicted octanol–water partition coefficient (Wildman–Crippen LogP) is 4.95. The summed E-state index contributed by atoms with van der Waals surface area (Å²) in [7, 11) is 1.37. The lowest BCUT2D eigenvalue weighted by Gasteiger charge is -2.15. The molecule has 0 unspecified atom stereocenters. The summed E-state index contributed by atoms with van der Waals surface area (Å²) in [6, 6.07) is 23.7. The SMILES string of the molecule is COC(=O)c1ccc([C@H]2CC(=O)Nc3cccc4c3c2cn4Cc2ccccc2)cc1. The molecule has 0 spiro atoms. The van der Waals surface area contributed by atoms with Gasteiger partial charge in [-0.1, -0.05) is 48.5 Å². The van der Waals surface area contributed by atoms with Crippen molar-refractivity contribution in [3.05, 3.63) is 101 Å². The smallest absolute Gasteiger partial charge is 0.337 e. The molecule has 154 valence electrons. The molecule has 1 aliphatic rings. The van der Waals surface area contributed by atoms with E-state index >= 15 is 0 Å². The van der Waals surface area contributed by atoms with Crippen LogP contribution in [-0.4, -0.2) is 23.6 Å². The molecule has 1 aromatic heterocycles. The van der Waals surface area contributed by atoms with Crippen LogP contribution in [0.3, 0.4) is 0 Å². The Morgan fingerprint density at radius 2 is 1.81 bits per heavy atom. The highest BCUT2D eigenvalue weighted by molar-refractivity contribution is 6.06. The second-order valence-corrected chi connectivity index (χ2v) is 7.82. The standard InChI is InChI=1S/C26H22N2O3/c1-31-26(30)19-12-10-18(11-13-19)20-14-24(29)27-22-8-5-9-23-25(22)21(20)16-28(23)15-17-6-3-2-4-7-17/h2-13,16,20H,14-15H2,1H3,(H,27,29)/t20-/m1/s1. The van der Waals surface area contributed by atoms with Gasteiger partial charge < -0.3 is 14.6 Å². The third kappa shape index (κ3) is 3.48. The summed E-state index contributed by atoms with van der Waals surface area (Å²) in [5, 5.41) is 4.15. The van der Waals surface area contributed by atoms with Gasteiger partial charge in [-0.3, -0.25) is 4.79 Å². The van der Waals surface area contributed by atoms with Gasteiger partial charge in [-0.2, -0.15) is 0 Å². The van der Waals surface area contributed by atoms with Crippen LogP contribution >= 0.6 is 0 Å². The number of benzene rings is 3. The number of ether oxygens (including phenoxy) is 1. The zero-order valence-electron chi connectivity index (χ0n) is 17.2. The zero-order chi connectivity index (χ0) is 21.4. The van der Waals surface area contributed by atoms with E-state index in [4.69, 9.17) is 4.74 Å². The fraction of sp³-hybridized carbons (Fsp3) is 0.154. The van der Waals surface area contributed by atoms with Gasteiger partial charge in [-0.25, -0.2) is 4.79 Å². The predicted molar refractivity (Wildman–Crippen MR) is 120 cm³/mol. The van der Waals surface area contributed by atoms with Crippen molar-refractivity contribution in [1.82, 2.24) is 4.57 Å². The first-order valence-corrected chi connectivity index (χ1v) is 10.3. The summed E-state index contributed by atoms with van der Waals surface area (Å²) in [5.74, 6) is -0.484. The molecule has 5 nitrogen and oxygen atoms in total. The van der Waals surface area contributed by atoms with Crippen LogP contribution in [0.2, 0.25) is 0 Å². The Hall–Kier alpha value is -3.86. The van der Waals surface area contributed by atoms with Gasteiger partial charge in [0.25, 0.3) is 0 Å². The summed E-state index contributed by atoms with van der Waals surface area (Å²) in [6.45, 7) is 0.753. The van der Waals surface area contributed by atoms with Crippen LogP contribution in [0.4, 0.5) is 5.69 Å². The fourth-order valence-corrected chi connectivity index (χ4v) is 4.43. The third-order valence-electron chi connectivity index (χ3n) is 5.90. The second kappa shape index (κ2) is 7.76. The second-order valence-electron chi connectivity index (χ2n) is 7.82. The fourth-order valence-electron chi connectivity index (χ4n) is 4.43. The number of carbonyl (C=O) groups is 2. The van der Waals surface area contributed by atoms with Crippen LogP contribution in [0.25, 0.3) is 10.9 Å². The highest BCUT2D eigenvalue weighted by Gasteiger charge is 2.28. The zero-order valence-corrected chi connectivity index (χ0v) is 17.2. The molecule has 1 N–H and O–H groups in total. The number of methoxy groups -OCH3 is 1. The van der Waals surface area contributed by atoms with Crippen LogP contribution in [0, 0.1) is 0 Å². The number of hydrogen-bond donors (Lipinski definition) is 1. The Balaban J connectivity index is 1.63. The molecule has 1 atom stereocenters. The molecule has 0 saturated carbocycles. The summed E-state index contributed by atoms with van der Waals surface area (Å²) in [4.78, 5) is 24.5. The minimum atomic E-state index is -0.369. The van der Waals surface area contributed by atoms with Crippen molar-refractivity contribution in [3.63, 3.8) is 0 Å². The minimum Gasteiger partial charge on any atom is -0.465 e. The van der Waals surface area contributed by atoms with Crippen LogP contribution in [-0.2, 0) is 16.1 Å². The number of anilines is 1. The summed E-state index contributed by atoms with van der Waals surface area (Å²) < 4.78 is 7.05. The van der Waals surface area contributed by atoms with E-state index < -0.39 is 0 Å². The van der Waals surface area contributed by atoms with Crippen molar-refractivity contribution < 1.29 is 14.3 Å². The van der Waals surface area contributed by atoms with Crippen LogP contribution < -0.4 is 5.32 Å². The van der Waals surface area contributed by atoms with Gasteiger partial charge in [0.15, 0.2) is 0 Å². The number of amides is 1. The Labute approximate surface area is 180 Å². The van der Waals surface area contributed by atoms with Gasteiger partial charge in [0, 0.05) is 30.5 Å². The Bertz CT molecular complexity index is 1270. The highest BCUT2D eigenvalue weighted by atomic mass is 16.5. The maximum atomic E-state index is 12.7. The van der Waals surface area contributed by atoms with E-state index in [9.17, 15) is 9.59 Å². The van der Waals surface area contributed by atoms with Gasteiger partial charge in [-0.05, 0) is 41.0 Å². The topological polar surface area (TPSA) is 60.3 Å². The highest BCUT2D eigenvalue weighted by Crippen LogP contribution is 2.41. The molecular formula is C26H22N2O3. The van der Waals surface area contributed by atoms with E-state index in [2.05, 4.69) is 34.3 Å². The monoisotopic (exact) mass is 410 g/mol. The van der Waals surface area contributed by atoms with Crippen LogP contribution in [0.15, 0.2) is 79.0 Å². The lowest BCUT2D eigenvalue weighted by molar-refractivity contribution is -0.116. The number of nitrogens with zero attached hydrogens (tertiary/aromatic N) is 1. The van der Waals surface area contributed by atoms with E-state index in [0.717, 1.165) is 34.3 Å². The molecule has 0 aliphatic carbocycles.